The number of carbonyl (C=O) groups is 1. The lowest BCUT2D eigenvalue weighted by Crippen LogP contribution is -2.29. The lowest BCUT2D eigenvalue weighted by Gasteiger charge is -2.08. The number of anilines is 1. The van der Waals surface area contributed by atoms with E-state index in [1.54, 1.807) is 12.1 Å². The first-order valence-corrected chi connectivity index (χ1v) is 7.19. The molecule has 1 heterocycles. The second-order valence-electron chi connectivity index (χ2n) is 5.05. The molecular weight excluding hydrogens is 290 g/mol. The number of para-hydroxylation sites is 1. The van der Waals surface area contributed by atoms with Gasteiger partial charge in [-0.3, -0.25) is 14.2 Å². The minimum absolute atomic E-state index is 0.0206. The summed E-state index contributed by atoms with van der Waals surface area (Å²) in [4.78, 5) is 28.7. The summed E-state index contributed by atoms with van der Waals surface area (Å²) in [5.74, 6) is -0.462. The van der Waals surface area contributed by atoms with Crippen LogP contribution in [0.3, 0.4) is 0 Å². The average Bonchev–Trinajstić information content (AvgIpc) is 2.58. The lowest BCUT2D eigenvalue weighted by atomic mass is 10.2. The summed E-state index contributed by atoms with van der Waals surface area (Å²) < 4.78 is 1.43. The third kappa shape index (κ3) is 3.52. The number of hydrogen-bond acceptors (Lipinski definition) is 3. The summed E-state index contributed by atoms with van der Waals surface area (Å²) in [5, 5.41) is 2.70. The lowest BCUT2D eigenvalue weighted by molar-refractivity contribution is 0.102. The SMILES string of the molecule is O=C(Nc1ccccc1)c1cncn(Cc2ccccc2)c1=O. The van der Waals surface area contributed by atoms with Gasteiger partial charge >= 0.3 is 0 Å². The average molecular weight is 305 g/mol. The highest BCUT2D eigenvalue weighted by molar-refractivity contribution is 6.03. The van der Waals surface area contributed by atoms with Gasteiger partial charge in [-0.25, -0.2) is 4.98 Å². The number of rotatable bonds is 4. The zero-order valence-corrected chi connectivity index (χ0v) is 12.3. The van der Waals surface area contributed by atoms with Crippen molar-refractivity contribution < 1.29 is 4.79 Å². The number of aromatic nitrogens is 2. The van der Waals surface area contributed by atoms with Crippen LogP contribution in [0.15, 0.2) is 78.0 Å². The fourth-order valence-corrected chi connectivity index (χ4v) is 2.22. The van der Waals surface area contributed by atoms with Gasteiger partial charge in [0.2, 0.25) is 0 Å². The third-order valence-corrected chi connectivity index (χ3v) is 3.37. The van der Waals surface area contributed by atoms with E-state index in [1.807, 2.05) is 48.5 Å². The highest BCUT2D eigenvalue weighted by Gasteiger charge is 2.13. The maximum atomic E-state index is 12.5. The van der Waals surface area contributed by atoms with Gasteiger partial charge in [0.05, 0.1) is 12.9 Å². The van der Waals surface area contributed by atoms with Crippen LogP contribution in [0.5, 0.6) is 0 Å². The predicted molar refractivity (Wildman–Crippen MR) is 88.4 cm³/mol. The van der Waals surface area contributed by atoms with E-state index in [1.165, 1.54) is 17.1 Å². The molecule has 3 rings (SSSR count). The normalized spacial score (nSPS) is 10.3. The summed E-state index contributed by atoms with van der Waals surface area (Å²) in [5.41, 5.74) is 1.26. The van der Waals surface area contributed by atoms with Gasteiger partial charge in [-0.1, -0.05) is 48.5 Å². The highest BCUT2D eigenvalue weighted by Crippen LogP contribution is 2.06. The van der Waals surface area contributed by atoms with Crippen LogP contribution in [-0.4, -0.2) is 15.5 Å². The first-order chi connectivity index (χ1) is 11.2. The van der Waals surface area contributed by atoms with Gasteiger partial charge in [-0.05, 0) is 17.7 Å². The number of nitrogens with zero attached hydrogens (tertiary/aromatic N) is 2. The molecule has 1 amide bonds. The van der Waals surface area contributed by atoms with Crippen LogP contribution >= 0.6 is 0 Å². The molecule has 0 aliphatic rings. The van der Waals surface area contributed by atoms with Gasteiger partial charge in [0.15, 0.2) is 0 Å². The summed E-state index contributed by atoms with van der Waals surface area (Å²) in [7, 11) is 0. The van der Waals surface area contributed by atoms with Crippen LogP contribution in [0.25, 0.3) is 0 Å². The Labute approximate surface area is 133 Å². The topological polar surface area (TPSA) is 64.0 Å². The predicted octanol–water partition coefficient (Wildman–Crippen LogP) is 2.54. The first kappa shape index (κ1) is 14.7. The van der Waals surface area contributed by atoms with Crippen LogP contribution < -0.4 is 10.9 Å². The molecule has 0 saturated carbocycles. The zero-order chi connectivity index (χ0) is 16.1. The quantitative estimate of drug-likeness (QED) is 0.805. The van der Waals surface area contributed by atoms with Crippen molar-refractivity contribution in [2.24, 2.45) is 0 Å². The monoisotopic (exact) mass is 305 g/mol. The minimum atomic E-state index is -0.462. The molecule has 1 aromatic heterocycles. The van der Waals surface area contributed by atoms with E-state index in [9.17, 15) is 9.59 Å². The van der Waals surface area contributed by atoms with Gasteiger partial charge in [-0.15, -0.1) is 0 Å². The van der Waals surface area contributed by atoms with E-state index in [4.69, 9.17) is 0 Å². The van der Waals surface area contributed by atoms with Crippen molar-refractivity contribution in [3.8, 4) is 0 Å². The molecule has 0 saturated heterocycles. The number of nitrogens with one attached hydrogen (secondary N) is 1. The Balaban J connectivity index is 1.85. The van der Waals surface area contributed by atoms with Crippen LogP contribution in [0, 0.1) is 0 Å². The van der Waals surface area contributed by atoms with E-state index in [-0.39, 0.29) is 11.1 Å². The van der Waals surface area contributed by atoms with Crippen molar-refractivity contribution >= 4 is 11.6 Å². The molecule has 0 spiro atoms. The standard InChI is InChI=1S/C18H15N3O2/c22-17(20-15-9-5-2-6-10-15)16-11-19-13-21(18(16)23)12-14-7-3-1-4-8-14/h1-11,13H,12H2,(H,20,22). The summed E-state index contributed by atoms with van der Waals surface area (Å²) in [6.45, 7) is 0.374. The molecule has 0 fully saturated rings. The second-order valence-corrected chi connectivity index (χ2v) is 5.05. The molecule has 2 aromatic carbocycles. The van der Waals surface area contributed by atoms with Crippen molar-refractivity contribution in [1.29, 1.82) is 0 Å². The maximum Gasteiger partial charge on any atom is 0.266 e. The molecule has 23 heavy (non-hydrogen) atoms. The van der Waals surface area contributed by atoms with Gasteiger partial charge in [0.25, 0.3) is 11.5 Å². The van der Waals surface area contributed by atoms with Crippen LogP contribution in [0.1, 0.15) is 15.9 Å². The van der Waals surface area contributed by atoms with Gasteiger partial charge in [0.1, 0.15) is 5.56 Å². The molecular formula is C18H15N3O2. The number of carbonyl (C=O) groups excluding carboxylic acids is 1. The van der Waals surface area contributed by atoms with Crippen molar-refractivity contribution in [1.82, 2.24) is 9.55 Å². The van der Waals surface area contributed by atoms with E-state index in [0.717, 1.165) is 5.56 Å². The van der Waals surface area contributed by atoms with E-state index in [0.29, 0.717) is 12.2 Å². The molecule has 1 N–H and O–H groups in total. The van der Waals surface area contributed by atoms with Crippen molar-refractivity contribution in [3.63, 3.8) is 0 Å². The first-order valence-electron chi connectivity index (χ1n) is 7.19. The number of amides is 1. The summed E-state index contributed by atoms with van der Waals surface area (Å²) >= 11 is 0. The Bertz CT molecular complexity index is 858. The molecule has 0 atom stereocenters. The molecule has 0 aliphatic carbocycles. The molecule has 0 unspecified atom stereocenters. The van der Waals surface area contributed by atoms with Crippen molar-refractivity contribution in [3.05, 3.63) is 94.7 Å². The Hall–Kier alpha value is -3.21. The zero-order valence-electron chi connectivity index (χ0n) is 12.3. The third-order valence-electron chi connectivity index (χ3n) is 3.37. The molecule has 0 bridgehead atoms. The Morgan fingerprint density at radius 3 is 2.35 bits per heavy atom. The van der Waals surface area contributed by atoms with E-state index in [2.05, 4.69) is 10.3 Å². The fourth-order valence-electron chi connectivity index (χ4n) is 2.22. The minimum Gasteiger partial charge on any atom is -0.322 e. The van der Waals surface area contributed by atoms with Crippen molar-refractivity contribution in [2.75, 3.05) is 5.32 Å². The molecule has 5 nitrogen and oxygen atoms in total. The van der Waals surface area contributed by atoms with E-state index >= 15 is 0 Å². The molecule has 114 valence electrons. The number of hydrogen-bond donors (Lipinski definition) is 1. The van der Waals surface area contributed by atoms with Crippen molar-refractivity contribution in [2.45, 2.75) is 6.54 Å². The highest BCUT2D eigenvalue weighted by atomic mass is 16.2. The molecule has 3 aromatic rings. The molecule has 5 heteroatoms. The van der Waals surface area contributed by atoms with Gasteiger partial charge in [-0.2, -0.15) is 0 Å². The van der Waals surface area contributed by atoms with E-state index < -0.39 is 5.91 Å². The Kier molecular flexibility index (Phi) is 4.29. The Morgan fingerprint density at radius 1 is 1.00 bits per heavy atom. The maximum absolute atomic E-state index is 12.5. The largest absolute Gasteiger partial charge is 0.322 e. The second kappa shape index (κ2) is 6.70. The number of benzene rings is 2. The van der Waals surface area contributed by atoms with Crippen LogP contribution in [0.4, 0.5) is 5.69 Å². The van der Waals surface area contributed by atoms with Gasteiger partial charge in [0, 0.05) is 11.9 Å². The summed E-state index contributed by atoms with van der Waals surface area (Å²) in [6.07, 6.45) is 2.73. The van der Waals surface area contributed by atoms with Gasteiger partial charge < -0.3 is 5.32 Å². The van der Waals surface area contributed by atoms with Crippen LogP contribution in [-0.2, 0) is 6.54 Å². The summed E-state index contributed by atoms with van der Waals surface area (Å²) in [6, 6.07) is 18.6. The van der Waals surface area contributed by atoms with Crippen LogP contribution in [0.2, 0.25) is 0 Å². The Morgan fingerprint density at radius 2 is 1.65 bits per heavy atom. The smallest absolute Gasteiger partial charge is 0.266 e. The fraction of sp³-hybridized carbons (Fsp3) is 0.0556. The molecule has 0 radical (unpaired) electrons. The molecule has 0 aliphatic heterocycles.